The number of pyridine rings is 1. The number of ether oxygens (including phenoxy) is 2. The van der Waals surface area contributed by atoms with Crippen molar-refractivity contribution in [1.29, 1.82) is 0 Å². The summed E-state index contributed by atoms with van der Waals surface area (Å²) in [5.41, 5.74) is 1.18. The van der Waals surface area contributed by atoms with Crippen LogP contribution in [0.5, 0.6) is 0 Å². The molecule has 6 nitrogen and oxygen atoms in total. The normalized spacial score (nSPS) is 10.8. The van der Waals surface area contributed by atoms with Crippen molar-refractivity contribution in [1.82, 2.24) is 14.6 Å². The van der Waals surface area contributed by atoms with Crippen molar-refractivity contribution in [2.24, 2.45) is 0 Å². The monoisotopic (exact) mass is 249 g/mol. The number of hydrogen-bond donors (Lipinski definition) is 0. The third-order valence-electron chi connectivity index (χ3n) is 2.57. The minimum Gasteiger partial charge on any atom is -0.465 e. The maximum Gasteiger partial charge on any atom is 0.339 e. The van der Waals surface area contributed by atoms with Crippen LogP contribution in [0, 0.1) is 0 Å². The molecular weight excluding hydrogens is 234 g/mol. The summed E-state index contributed by atoms with van der Waals surface area (Å²) in [7, 11) is 1.36. The van der Waals surface area contributed by atoms with Crippen LogP contribution in [0.3, 0.4) is 0 Å². The third kappa shape index (κ3) is 2.48. The Labute approximate surface area is 105 Å². The fourth-order valence-electron chi connectivity index (χ4n) is 1.66. The van der Waals surface area contributed by atoms with Crippen LogP contribution in [0.15, 0.2) is 18.3 Å². The molecule has 2 rings (SSSR count). The summed E-state index contributed by atoms with van der Waals surface area (Å²) in [5, 5.41) is 8.10. The molecule has 0 aromatic carbocycles. The minimum absolute atomic E-state index is 0.374. The van der Waals surface area contributed by atoms with E-state index in [0.717, 1.165) is 5.82 Å². The summed E-state index contributed by atoms with van der Waals surface area (Å²) in [5.74, 6) is 0.394. The van der Waals surface area contributed by atoms with Crippen LogP contribution in [0.4, 0.5) is 0 Å². The van der Waals surface area contributed by atoms with Crippen LogP contribution >= 0.6 is 0 Å². The van der Waals surface area contributed by atoms with Gasteiger partial charge in [-0.1, -0.05) is 0 Å². The van der Waals surface area contributed by atoms with E-state index >= 15 is 0 Å². The van der Waals surface area contributed by atoms with Crippen molar-refractivity contribution in [2.45, 2.75) is 13.3 Å². The summed E-state index contributed by atoms with van der Waals surface area (Å²) in [6, 6.07) is 3.41. The SMILES string of the molecule is CCOCCc1nnc2ccc(C(=O)OC)cn12. The number of rotatable bonds is 5. The van der Waals surface area contributed by atoms with Crippen LogP contribution in [0.25, 0.3) is 5.65 Å². The summed E-state index contributed by atoms with van der Waals surface area (Å²) >= 11 is 0. The van der Waals surface area contributed by atoms with E-state index in [0.29, 0.717) is 30.8 Å². The molecule has 0 fully saturated rings. The first-order valence-electron chi connectivity index (χ1n) is 5.76. The molecule has 0 unspecified atom stereocenters. The number of hydrogen-bond acceptors (Lipinski definition) is 5. The maximum absolute atomic E-state index is 11.4. The number of esters is 1. The first-order chi connectivity index (χ1) is 8.76. The average molecular weight is 249 g/mol. The van der Waals surface area contributed by atoms with Crippen molar-refractivity contribution in [2.75, 3.05) is 20.3 Å². The molecule has 2 aromatic heterocycles. The van der Waals surface area contributed by atoms with Gasteiger partial charge < -0.3 is 9.47 Å². The van der Waals surface area contributed by atoms with Gasteiger partial charge in [0.05, 0.1) is 19.3 Å². The van der Waals surface area contributed by atoms with Crippen molar-refractivity contribution in [3.8, 4) is 0 Å². The van der Waals surface area contributed by atoms with E-state index in [1.807, 2.05) is 6.92 Å². The molecule has 0 atom stereocenters. The number of aromatic nitrogens is 3. The molecule has 0 amide bonds. The van der Waals surface area contributed by atoms with E-state index in [1.54, 1.807) is 22.7 Å². The molecule has 0 N–H and O–H groups in total. The van der Waals surface area contributed by atoms with Gasteiger partial charge >= 0.3 is 5.97 Å². The lowest BCUT2D eigenvalue weighted by molar-refractivity contribution is 0.0600. The van der Waals surface area contributed by atoms with Crippen molar-refractivity contribution >= 4 is 11.6 Å². The van der Waals surface area contributed by atoms with E-state index in [-0.39, 0.29) is 5.97 Å². The molecule has 0 aliphatic heterocycles. The zero-order valence-electron chi connectivity index (χ0n) is 10.4. The standard InChI is InChI=1S/C12H15N3O3/c1-3-18-7-6-11-14-13-10-5-4-9(8-15(10)11)12(16)17-2/h4-5,8H,3,6-7H2,1-2H3. The highest BCUT2D eigenvalue weighted by molar-refractivity contribution is 5.89. The van der Waals surface area contributed by atoms with Gasteiger partial charge in [0.1, 0.15) is 5.82 Å². The fourth-order valence-corrected chi connectivity index (χ4v) is 1.66. The molecule has 0 spiro atoms. The Morgan fingerprint density at radius 3 is 2.94 bits per heavy atom. The van der Waals surface area contributed by atoms with Crippen LogP contribution in [-0.4, -0.2) is 40.9 Å². The van der Waals surface area contributed by atoms with Crippen LogP contribution < -0.4 is 0 Å². The Kier molecular flexibility index (Phi) is 3.88. The Morgan fingerprint density at radius 1 is 1.39 bits per heavy atom. The van der Waals surface area contributed by atoms with Gasteiger partial charge in [0.2, 0.25) is 0 Å². The Hall–Kier alpha value is -1.95. The van der Waals surface area contributed by atoms with Gasteiger partial charge in [0, 0.05) is 19.2 Å². The van der Waals surface area contributed by atoms with Gasteiger partial charge in [-0.2, -0.15) is 0 Å². The predicted molar refractivity (Wildman–Crippen MR) is 64.5 cm³/mol. The lowest BCUT2D eigenvalue weighted by Crippen LogP contribution is -2.06. The molecular formula is C12H15N3O3. The van der Waals surface area contributed by atoms with Crippen LogP contribution in [-0.2, 0) is 15.9 Å². The van der Waals surface area contributed by atoms with E-state index in [9.17, 15) is 4.79 Å². The van der Waals surface area contributed by atoms with Crippen LogP contribution in [0.2, 0.25) is 0 Å². The first kappa shape index (κ1) is 12.5. The second kappa shape index (κ2) is 5.59. The Bertz CT molecular complexity index is 550. The third-order valence-corrected chi connectivity index (χ3v) is 2.57. The molecule has 2 heterocycles. The highest BCUT2D eigenvalue weighted by Gasteiger charge is 2.10. The lowest BCUT2D eigenvalue weighted by atomic mass is 10.3. The number of carbonyl (C=O) groups excluding carboxylic acids is 1. The van der Waals surface area contributed by atoms with Gasteiger partial charge in [0.15, 0.2) is 5.65 Å². The number of nitrogens with zero attached hydrogens (tertiary/aromatic N) is 3. The molecule has 0 saturated heterocycles. The summed E-state index contributed by atoms with van der Waals surface area (Å²) in [6.45, 7) is 3.20. The highest BCUT2D eigenvalue weighted by atomic mass is 16.5. The Morgan fingerprint density at radius 2 is 2.22 bits per heavy atom. The smallest absolute Gasteiger partial charge is 0.339 e. The van der Waals surface area contributed by atoms with E-state index in [4.69, 9.17) is 4.74 Å². The van der Waals surface area contributed by atoms with Gasteiger partial charge in [-0.05, 0) is 19.1 Å². The summed E-state index contributed by atoms with van der Waals surface area (Å²) in [6.07, 6.45) is 2.34. The van der Waals surface area contributed by atoms with Crippen molar-refractivity contribution < 1.29 is 14.3 Å². The highest BCUT2D eigenvalue weighted by Crippen LogP contribution is 2.08. The molecule has 0 saturated carbocycles. The molecule has 6 heteroatoms. The summed E-state index contributed by atoms with van der Waals surface area (Å²) in [4.78, 5) is 11.4. The van der Waals surface area contributed by atoms with Gasteiger partial charge in [-0.15, -0.1) is 10.2 Å². The van der Waals surface area contributed by atoms with E-state index < -0.39 is 0 Å². The Balaban J connectivity index is 2.28. The second-order valence-electron chi connectivity index (χ2n) is 3.70. The number of methoxy groups -OCH3 is 1. The van der Waals surface area contributed by atoms with Crippen LogP contribution in [0.1, 0.15) is 23.1 Å². The quantitative estimate of drug-likeness (QED) is 0.586. The van der Waals surface area contributed by atoms with Crippen molar-refractivity contribution in [3.63, 3.8) is 0 Å². The van der Waals surface area contributed by atoms with E-state index in [1.165, 1.54) is 7.11 Å². The fraction of sp³-hybridized carbons (Fsp3) is 0.417. The number of fused-ring (bicyclic) bond motifs is 1. The van der Waals surface area contributed by atoms with Gasteiger partial charge in [-0.3, -0.25) is 4.40 Å². The molecule has 0 aliphatic rings. The zero-order chi connectivity index (χ0) is 13.0. The average Bonchev–Trinajstić information content (AvgIpc) is 2.81. The molecule has 0 radical (unpaired) electrons. The van der Waals surface area contributed by atoms with Crippen molar-refractivity contribution in [3.05, 3.63) is 29.7 Å². The number of carbonyl (C=O) groups is 1. The first-order valence-corrected chi connectivity index (χ1v) is 5.76. The molecule has 18 heavy (non-hydrogen) atoms. The largest absolute Gasteiger partial charge is 0.465 e. The minimum atomic E-state index is -0.374. The van der Waals surface area contributed by atoms with E-state index in [2.05, 4.69) is 14.9 Å². The molecule has 96 valence electrons. The predicted octanol–water partition coefficient (Wildman–Crippen LogP) is 1.09. The molecule has 0 aliphatic carbocycles. The molecule has 0 bridgehead atoms. The van der Waals surface area contributed by atoms with Gasteiger partial charge in [0.25, 0.3) is 0 Å². The summed E-state index contributed by atoms with van der Waals surface area (Å²) < 4.78 is 11.7. The topological polar surface area (TPSA) is 65.7 Å². The maximum atomic E-state index is 11.4. The lowest BCUT2D eigenvalue weighted by Gasteiger charge is -2.03. The zero-order valence-corrected chi connectivity index (χ0v) is 10.4. The second-order valence-corrected chi connectivity index (χ2v) is 3.70. The molecule has 2 aromatic rings. The van der Waals surface area contributed by atoms with Gasteiger partial charge in [-0.25, -0.2) is 4.79 Å².